The normalized spacial score (nSPS) is 28.3. The molecule has 0 amide bonds. The number of hydrogen-bond acceptors (Lipinski definition) is 5. The van der Waals surface area contributed by atoms with Gasteiger partial charge in [0, 0.05) is 6.04 Å². The van der Waals surface area contributed by atoms with Crippen molar-refractivity contribution < 1.29 is 17.9 Å². The molecule has 0 aromatic carbocycles. The summed E-state index contributed by atoms with van der Waals surface area (Å²) < 4.78 is 29.1. The minimum Gasteiger partial charge on any atom is -0.469 e. The standard InChI is InChI=1S/C14H25NO4S/c1-19-13(16)9-14(6-7-14)10-20(17,18)8-5-11-3-2-4-12(11)15/h11-12H,2-10,15H2,1H3. The van der Waals surface area contributed by atoms with Crippen molar-refractivity contribution >= 4 is 15.8 Å². The number of rotatable bonds is 7. The van der Waals surface area contributed by atoms with Gasteiger partial charge in [-0.05, 0) is 43.4 Å². The van der Waals surface area contributed by atoms with Crippen LogP contribution in [-0.2, 0) is 19.4 Å². The maximum Gasteiger partial charge on any atom is 0.306 e. The van der Waals surface area contributed by atoms with Crippen molar-refractivity contribution in [2.45, 2.75) is 51.0 Å². The Morgan fingerprint density at radius 2 is 2.05 bits per heavy atom. The Labute approximate surface area is 121 Å². The third-order valence-electron chi connectivity index (χ3n) is 4.75. The minimum atomic E-state index is -3.10. The van der Waals surface area contributed by atoms with Gasteiger partial charge in [-0.25, -0.2) is 8.42 Å². The zero-order chi connectivity index (χ0) is 14.8. The molecule has 0 heterocycles. The molecule has 0 aromatic heterocycles. The van der Waals surface area contributed by atoms with Gasteiger partial charge in [-0.3, -0.25) is 4.79 Å². The SMILES string of the molecule is COC(=O)CC1(CS(=O)(=O)CCC2CCCC2N)CC1. The molecule has 0 aromatic rings. The van der Waals surface area contributed by atoms with Gasteiger partial charge < -0.3 is 10.5 Å². The molecular formula is C14H25NO4S. The second-order valence-electron chi connectivity index (χ2n) is 6.49. The van der Waals surface area contributed by atoms with E-state index >= 15 is 0 Å². The van der Waals surface area contributed by atoms with Crippen LogP contribution in [0.2, 0.25) is 0 Å². The second kappa shape index (κ2) is 6.02. The summed E-state index contributed by atoms with van der Waals surface area (Å²) in [6.45, 7) is 0. The van der Waals surface area contributed by atoms with Crippen LogP contribution in [0.4, 0.5) is 0 Å². The number of sulfone groups is 1. The lowest BCUT2D eigenvalue weighted by Gasteiger charge is -2.17. The van der Waals surface area contributed by atoms with Crippen LogP contribution in [0.3, 0.4) is 0 Å². The molecule has 20 heavy (non-hydrogen) atoms. The van der Waals surface area contributed by atoms with Crippen LogP contribution in [0.15, 0.2) is 0 Å². The fourth-order valence-corrected chi connectivity index (χ4v) is 5.35. The molecule has 0 radical (unpaired) electrons. The fourth-order valence-electron chi connectivity index (χ4n) is 3.22. The Balaban J connectivity index is 1.83. The fraction of sp³-hybridized carbons (Fsp3) is 0.929. The van der Waals surface area contributed by atoms with Gasteiger partial charge in [0.15, 0.2) is 9.84 Å². The first kappa shape index (κ1) is 15.8. The van der Waals surface area contributed by atoms with Crippen molar-refractivity contribution in [2.24, 2.45) is 17.1 Å². The van der Waals surface area contributed by atoms with Gasteiger partial charge in [0.1, 0.15) is 0 Å². The molecule has 6 heteroatoms. The summed E-state index contributed by atoms with van der Waals surface area (Å²) in [4.78, 5) is 11.3. The summed E-state index contributed by atoms with van der Waals surface area (Å²) in [5, 5.41) is 0. The van der Waals surface area contributed by atoms with E-state index in [9.17, 15) is 13.2 Å². The van der Waals surface area contributed by atoms with Gasteiger partial charge in [0.25, 0.3) is 0 Å². The maximum absolute atomic E-state index is 12.2. The van der Waals surface area contributed by atoms with Crippen LogP contribution >= 0.6 is 0 Å². The van der Waals surface area contributed by atoms with Gasteiger partial charge in [-0.1, -0.05) is 6.42 Å². The van der Waals surface area contributed by atoms with Gasteiger partial charge in [-0.2, -0.15) is 0 Å². The largest absolute Gasteiger partial charge is 0.469 e. The lowest BCUT2D eigenvalue weighted by molar-refractivity contribution is -0.141. The molecule has 2 fully saturated rings. The Morgan fingerprint density at radius 3 is 2.55 bits per heavy atom. The van der Waals surface area contributed by atoms with E-state index in [1.807, 2.05) is 0 Å². The molecule has 116 valence electrons. The first-order valence-corrected chi connectivity index (χ1v) is 9.21. The molecule has 2 aliphatic carbocycles. The lowest BCUT2D eigenvalue weighted by atomic mass is 10.0. The highest BCUT2D eigenvalue weighted by Gasteiger charge is 2.47. The van der Waals surface area contributed by atoms with Gasteiger partial charge in [0.05, 0.1) is 25.0 Å². The topological polar surface area (TPSA) is 86.5 Å². The summed E-state index contributed by atoms with van der Waals surface area (Å²) >= 11 is 0. The quantitative estimate of drug-likeness (QED) is 0.716. The zero-order valence-corrected chi connectivity index (χ0v) is 13.0. The number of nitrogens with two attached hydrogens (primary N) is 1. The second-order valence-corrected chi connectivity index (χ2v) is 8.67. The van der Waals surface area contributed by atoms with Crippen molar-refractivity contribution in [1.82, 2.24) is 0 Å². The molecule has 2 saturated carbocycles. The molecule has 2 N–H and O–H groups in total. The van der Waals surface area contributed by atoms with E-state index in [0.29, 0.717) is 12.3 Å². The van der Waals surface area contributed by atoms with E-state index in [1.165, 1.54) is 7.11 Å². The van der Waals surface area contributed by atoms with Crippen molar-refractivity contribution in [3.05, 3.63) is 0 Å². The van der Waals surface area contributed by atoms with Crippen molar-refractivity contribution in [3.63, 3.8) is 0 Å². The van der Waals surface area contributed by atoms with Crippen LogP contribution in [0.5, 0.6) is 0 Å². The first-order chi connectivity index (χ1) is 9.36. The van der Waals surface area contributed by atoms with E-state index in [0.717, 1.165) is 32.1 Å². The number of hydrogen-bond donors (Lipinski definition) is 1. The van der Waals surface area contributed by atoms with Crippen LogP contribution in [0.1, 0.15) is 44.9 Å². The molecule has 0 saturated heterocycles. The zero-order valence-electron chi connectivity index (χ0n) is 12.1. The van der Waals surface area contributed by atoms with Crippen LogP contribution in [-0.4, -0.2) is 39.0 Å². The number of ether oxygens (including phenoxy) is 1. The molecule has 2 aliphatic rings. The average Bonchev–Trinajstić information content (AvgIpc) is 2.97. The molecule has 0 bridgehead atoms. The van der Waals surface area contributed by atoms with Gasteiger partial charge in [-0.15, -0.1) is 0 Å². The van der Waals surface area contributed by atoms with Crippen molar-refractivity contribution in [3.8, 4) is 0 Å². The average molecular weight is 303 g/mol. The third kappa shape index (κ3) is 4.19. The Morgan fingerprint density at radius 1 is 1.35 bits per heavy atom. The summed E-state index contributed by atoms with van der Waals surface area (Å²) in [5.41, 5.74) is 5.63. The van der Waals surface area contributed by atoms with E-state index in [4.69, 9.17) is 5.73 Å². The van der Waals surface area contributed by atoms with E-state index < -0.39 is 9.84 Å². The molecule has 5 nitrogen and oxygen atoms in total. The smallest absolute Gasteiger partial charge is 0.306 e. The Kier molecular flexibility index (Phi) is 4.74. The third-order valence-corrected chi connectivity index (χ3v) is 6.66. The summed E-state index contributed by atoms with van der Waals surface area (Å²) in [6, 6.07) is 0.162. The number of carbonyl (C=O) groups excluding carboxylic acids is 1. The van der Waals surface area contributed by atoms with E-state index in [2.05, 4.69) is 4.74 Å². The first-order valence-electron chi connectivity index (χ1n) is 7.39. The Bertz CT molecular complexity index is 456. The van der Waals surface area contributed by atoms with Crippen molar-refractivity contribution in [2.75, 3.05) is 18.6 Å². The highest BCUT2D eigenvalue weighted by Crippen LogP contribution is 2.50. The highest BCUT2D eigenvalue weighted by atomic mass is 32.2. The number of esters is 1. The van der Waals surface area contributed by atoms with E-state index in [1.54, 1.807) is 0 Å². The molecule has 0 spiro atoms. The van der Waals surface area contributed by atoms with Gasteiger partial charge in [0.2, 0.25) is 0 Å². The number of carbonyl (C=O) groups is 1. The lowest BCUT2D eigenvalue weighted by Crippen LogP contribution is -2.28. The van der Waals surface area contributed by atoms with E-state index in [-0.39, 0.29) is 35.4 Å². The molecule has 2 atom stereocenters. The van der Waals surface area contributed by atoms with Crippen LogP contribution < -0.4 is 5.73 Å². The predicted molar refractivity (Wildman–Crippen MR) is 76.9 cm³/mol. The maximum atomic E-state index is 12.2. The van der Waals surface area contributed by atoms with Crippen LogP contribution in [0.25, 0.3) is 0 Å². The van der Waals surface area contributed by atoms with Gasteiger partial charge >= 0.3 is 5.97 Å². The monoisotopic (exact) mass is 303 g/mol. The molecular weight excluding hydrogens is 278 g/mol. The molecule has 2 unspecified atom stereocenters. The molecule has 2 rings (SSSR count). The van der Waals surface area contributed by atoms with Crippen LogP contribution in [0, 0.1) is 11.3 Å². The Hall–Kier alpha value is -0.620. The highest BCUT2D eigenvalue weighted by molar-refractivity contribution is 7.91. The summed E-state index contributed by atoms with van der Waals surface area (Å²) in [5.74, 6) is 0.363. The summed E-state index contributed by atoms with van der Waals surface area (Å²) in [6.07, 6.45) is 5.68. The summed E-state index contributed by atoms with van der Waals surface area (Å²) in [7, 11) is -1.76. The minimum absolute atomic E-state index is 0.122. The van der Waals surface area contributed by atoms with Crippen molar-refractivity contribution in [1.29, 1.82) is 0 Å². The number of methoxy groups -OCH3 is 1. The predicted octanol–water partition coefficient (Wildman–Crippen LogP) is 1.26. The molecule has 0 aliphatic heterocycles.